The van der Waals surface area contributed by atoms with Crippen LogP contribution in [-0.4, -0.2) is 34.1 Å². The molecule has 1 fully saturated rings. The van der Waals surface area contributed by atoms with E-state index in [4.69, 9.17) is 5.11 Å². The Balaban J connectivity index is 0.000000677. The van der Waals surface area contributed by atoms with Crippen LogP contribution in [0.3, 0.4) is 0 Å². The maximum absolute atomic E-state index is 10.3. The van der Waals surface area contributed by atoms with Gasteiger partial charge in [0.15, 0.2) is 0 Å². The van der Waals surface area contributed by atoms with Crippen molar-refractivity contribution in [1.29, 1.82) is 0 Å². The molecule has 0 aliphatic carbocycles. The molecule has 0 saturated carbocycles. The van der Waals surface area contributed by atoms with Crippen molar-refractivity contribution in [2.75, 3.05) is 7.05 Å². The standard InChI is InChI=1S/C18H36O2.C11H23N/c1-2-3-4-5-6-7-8-9-10-11-12-13-14-15-16-17-18(19)20;1-9-7-10(2,3)12(6)11(4,5)8-9/h2-17H2,1H3,(H,19,20);9H,7-8H2,1-6H3. The van der Waals surface area contributed by atoms with Crippen molar-refractivity contribution < 1.29 is 9.90 Å². The first-order valence-corrected chi connectivity index (χ1v) is 14.0. The van der Waals surface area contributed by atoms with E-state index in [1.54, 1.807) is 0 Å². The van der Waals surface area contributed by atoms with Crippen LogP contribution in [0.2, 0.25) is 0 Å². The fourth-order valence-electron chi connectivity index (χ4n) is 5.52. The SMILES string of the molecule is CC1CC(C)(C)N(C)C(C)(C)C1.CCCCCCCCCCCCCCCCCC(=O)O. The molecule has 32 heavy (non-hydrogen) atoms. The summed E-state index contributed by atoms with van der Waals surface area (Å²) in [5.74, 6) is 0.214. The average Bonchev–Trinajstić information content (AvgIpc) is 2.68. The number of aliphatic carboxylic acids is 1. The quantitative estimate of drug-likeness (QED) is 0.237. The smallest absolute Gasteiger partial charge is 0.303 e. The second-order valence-corrected chi connectivity index (χ2v) is 11.8. The van der Waals surface area contributed by atoms with Gasteiger partial charge in [0.2, 0.25) is 0 Å². The van der Waals surface area contributed by atoms with Crippen molar-refractivity contribution in [1.82, 2.24) is 4.90 Å². The van der Waals surface area contributed by atoms with Crippen LogP contribution in [0.25, 0.3) is 0 Å². The monoisotopic (exact) mass is 453 g/mol. The highest BCUT2D eigenvalue weighted by Crippen LogP contribution is 2.39. The van der Waals surface area contributed by atoms with Gasteiger partial charge in [0.05, 0.1) is 0 Å². The van der Waals surface area contributed by atoms with Crippen LogP contribution in [0, 0.1) is 5.92 Å². The molecule has 0 aromatic heterocycles. The molecule has 0 unspecified atom stereocenters. The summed E-state index contributed by atoms with van der Waals surface area (Å²) < 4.78 is 0. The van der Waals surface area contributed by atoms with Crippen molar-refractivity contribution in [3.63, 3.8) is 0 Å². The second kappa shape index (κ2) is 17.8. The summed E-state index contributed by atoms with van der Waals surface area (Å²) in [5, 5.41) is 8.52. The van der Waals surface area contributed by atoms with E-state index in [-0.39, 0.29) is 0 Å². The van der Waals surface area contributed by atoms with Crippen LogP contribution in [0.1, 0.15) is 157 Å². The van der Waals surface area contributed by atoms with E-state index >= 15 is 0 Å². The highest BCUT2D eigenvalue weighted by molar-refractivity contribution is 5.66. The normalized spacial score (nSPS) is 18.2. The Morgan fingerprint density at radius 1 is 0.719 bits per heavy atom. The number of hydrogen-bond acceptors (Lipinski definition) is 2. The third-order valence-corrected chi connectivity index (χ3v) is 7.51. The van der Waals surface area contributed by atoms with Crippen molar-refractivity contribution in [3.05, 3.63) is 0 Å². The van der Waals surface area contributed by atoms with E-state index < -0.39 is 5.97 Å². The van der Waals surface area contributed by atoms with Gasteiger partial charge in [0.1, 0.15) is 0 Å². The third kappa shape index (κ3) is 16.1. The Morgan fingerprint density at radius 2 is 1.03 bits per heavy atom. The molecule has 1 saturated heterocycles. The molecule has 1 aliphatic heterocycles. The Hall–Kier alpha value is -0.570. The predicted octanol–water partition coefficient (Wildman–Crippen LogP) is 9.24. The molecule has 0 aromatic rings. The zero-order valence-electron chi connectivity index (χ0n) is 23.1. The Kier molecular flexibility index (Phi) is 17.5. The highest BCUT2D eigenvalue weighted by Gasteiger charge is 2.41. The minimum Gasteiger partial charge on any atom is -0.481 e. The van der Waals surface area contributed by atoms with E-state index in [1.165, 1.54) is 96.3 Å². The van der Waals surface area contributed by atoms with Crippen molar-refractivity contribution in [2.24, 2.45) is 5.92 Å². The molecule has 1 N–H and O–H groups in total. The first-order valence-electron chi connectivity index (χ1n) is 14.0. The van der Waals surface area contributed by atoms with E-state index in [0.717, 1.165) is 18.8 Å². The van der Waals surface area contributed by atoms with Gasteiger partial charge < -0.3 is 5.11 Å². The number of unbranched alkanes of at least 4 members (excludes halogenated alkanes) is 14. The van der Waals surface area contributed by atoms with Crippen molar-refractivity contribution in [3.8, 4) is 0 Å². The van der Waals surface area contributed by atoms with Gasteiger partial charge in [-0.05, 0) is 59.9 Å². The van der Waals surface area contributed by atoms with E-state index in [0.29, 0.717) is 17.5 Å². The number of carboxylic acid groups (broad SMARTS) is 1. The van der Waals surface area contributed by atoms with Crippen LogP contribution in [0.4, 0.5) is 0 Å². The molecule has 0 aromatic carbocycles. The zero-order valence-corrected chi connectivity index (χ0v) is 23.1. The Labute approximate surface area is 202 Å². The Morgan fingerprint density at radius 3 is 1.34 bits per heavy atom. The molecule has 0 radical (unpaired) electrons. The van der Waals surface area contributed by atoms with Crippen LogP contribution >= 0.6 is 0 Å². The summed E-state index contributed by atoms with van der Waals surface area (Å²) in [6.45, 7) is 14.0. The molecule has 1 aliphatic rings. The lowest BCUT2D eigenvalue weighted by atomic mass is 9.75. The predicted molar refractivity (Wildman–Crippen MR) is 142 cm³/mol. The number of carboxylic acids is 1. The van der Waals surface area contributed by atoms with Gasteiger partial charge in [-0.25, -0.2) is 0 Å². The maximum atomic E-state index is 10.3. The fraction of sp³-hybridized carbons (Fsp3) is 0.966. The highest BCUT2D eigenvalue weighted by atomic mass is 16.4. The first kappa shape index (κ1) is 31.4. The number of hydrogen-bond donors (Lipinski definition) is 1. The molecule has 3 nitrogen and oxygen atoms in total. The first-order chi connectivity index (χ1) is 15.0. The number of carbonyl (C=O) groups is 1. The third-order valence-electron chi connectivity index (χ3n) is 7.51. The van der Waals surface area contributed by atoms with Crippen LogP contribution in [0.15, 0.2) is 0 Å². The van der Waals surface area contributed by atoms with Gasteiger partial charge in [0, 0.05) is 17.5 Å². The van der Waals surface area contributed by atoms with E-state index in [2.05, 4.69) is 53.5 Å². The molecule has 0 spiro atoms. The summed E-state index contributed by atoms with van der Waals surface area (Å²) in [4.78, 5) is 12.9. The largest absolute Gasteiger partial charge is 0.481 e. The average molecular weight is 454 g/mol. The number of rotatable bonds is 16. The van der Waals surface area contributed by atoms with Crippen molar-refractivity contribution >= 4 is 5.97 Å². The van der Waals surface area contributed by atoms with Gasteiger partial charge in [-0.3, -0.25) is 9.69 Å². The van der Waals surface area contributed by atoms with Crippen LogP contribution < -0.4 is 0 Å². The van der Waals surface area contributed by atoms with Gasteiger partial charge in [0.25, 0.3) is 0 Å². The molecule has 192 valence electrons. The molecule has 0 bridgehead atoms. The number of likely N-dealkylation sites (tertiary alicyclic amines) is 1. The number of nitrogens with zero attached hydrogens (tertiary/aromatic N) is 1. The summed E-state index contributed by atoms with van der Waals surface area (Å²) in [5.41, 5.74) is 0.752. The summed E-state index contributed by atoms with van der Waals surface area (Å²) in [6.07, 6.45) is 22.9. The molecular formula is C29H59NO2. The number of piperidine rings is 1. The summed E-state index contributed by atoms with van der Waals surface area (Å²) in [7, 11) is 2.26. The van der Waals surface area contributed by atoms with E-state index in [1.807, 2.05) is 0 Å². The second-order valence-electron chi connectivity index (χ2n) is 11.8. The minimum absolute atomic E-state index is 0.345. The minimum atomic E-state index is -0.653. The lowest BCUT2D eigenvalue weighted by molar-refractivity contribution is -0.137. The molecule has 3 heteroatoms. The van der Waals surface area contributed by atoms with Gasteiger partial charge in [-0.1, -0.05) is 104 Å². The van der Waals surface area contributed by atoms with Gasteiger partial charge in [-0.2, -0.15) is 0 Å². The zero-order chi connectivity index (χ0) is 24.5. The van der Waals surface area contributed by atoms with Crippen LogP contribution in [0.5, 0.6) is 0 Å². The Bertz CT molecular complexity index is 440. The van der Waals surface area contributed by atoms with Crippen molar-refractivity contribution in [2.45, 2.75) is 168 Å². The van der Waals surface area contributed by atoms with Gasteiger partial charge >= 0.3 is 5.97 Å². The van der Waals surface area contributed by atoms with E-state index in [9.17, 15) is 4.79 Å². The molecule has 1 heterocycles. The fourth-order valence-corrected chi connectivity index (χ4v) is 5.52. The summed E-state index contributed by atoms with van der Waals surface area (Å²) >= 11 is 0. The maximum Gasteiger partial charge on any atom is 0.303 e. The molecular weight excluding hydrogens is 394 g/mol. The molecule has 1 rings (SSSR count). The van der Waals surface area contributed by atoms with Gasteiger partial charge in [-0.15, -0.1) is 0 Å². The lowest BCUT2D eigenvalue weighted by Crippen LogP contribution is -2.58. The molecule has 0 atom stereocenters. The topological polar surface area (TPSA) is 40.5 Å². The van der Waals surface area contributed by atoms with Crippen LogP contribution in [-0.2, 0) is 4.79 Å². The molecule has 0 amide bonds. The summed E-state index contributed by atoms with van der Waals surface area (Å²) in [6, 6.07) is 0. The lowest BCUT2D eigenvalue weighted by Gasteiger charge is -2.53.